The lowest BCUT2D eigenvalue weighted by atomic mass is 9.56. The summed E-state index contributed by atoms with van der Waals surface area (Å²) in [6.07, 6.45) is 0.941. The number of nitrogens with one attached hydrogen (secondary N) is 1. The second-order valence-electron chi connectivity index (χ2n) is 10.2. The van der Waals surface area contributed by atoms with Gasteiger partial charge in [0.2, 0.25) is 5.91 Å². The van der Waals surface area contributed by atoms with E-state index in [2.05, 4.69) is 5.32 Å². The first-order valence-corrected chi connectivity index (χ1v) is 13.2. The summed E-state index contributed by atoms with van der Waals surface area (Å²) in [4.78, 5) is 39.7. The minimum Gasteiger partial charge on any atom is -0.468 e. The SMILES string of the molecule is COC(=O)[C@@]12C(=O)N[C@@H](Cc3ccccc3)[C@@H]1C(C)=C(C)[C@@H](OC(C)=O)[C@@H]2CCOCCc1ccccc1. The summed E-state index contributed by atoms with van der Waals surface area (Å²) in [5.74, 6) is -2.52. The van der Waals surface area contributed by atoms with Crippen molar-refractivity contribution in [3.8, 4) is 0 Å². The van der Waals surface area contributed by atoms with Gasteiger partial charge >= 0.3 is 11.9 Å². The van der Waals surface area contributed by atoms with E-state index in [1.165, 1.54) is 19.6 Å². The van der Waals surface area contributed by atoms with Crippen LogP contribution in [-0.2, 0) is 41.4 Å². The fourth-order valence-electron chi connectivity index (χ4n) is 6.33. The molecule has 2 aliphatic rings. The van der Waals surface area contributed by atoms with Crippen LogP contribution < -0.4 is 5.32 Å². The van der Waals surface area contributed by atoms with E-state index in [9.17, 15) is 14.4 Å². The quantitative estimate of drug-likeness (QED) is 0.220. The number of hydrogen-bond acceptors (Lipinski definition) is 6. The zero-order valence-corrected chi connectivity index (χ0v) is 22.6. The molecule has 0 aromatic heterocycles. The van der Waals surface area contributed by atoms with E-state index in [0.717, 1.165) is 23.1 Å². The van der Waals surface area contributed by atoms with Gasteiger partial charge in [0, 0.05) is 31.4 Å². The van der Waals surface area contributed by atoms with E-state index in [1.807, 2.05) is 74.5 Å². The molecule has 1 aliphatic carbocycles. The van der Waals surface area contributed by atoms with E-state index < -0.39 is 35.3 Å². The van der Waals surface area contributed by atoms with Gasteiger partial charge in [-0.15, -0.1) is 0 Å². The maximum atomic E-state index is 13.9. The van der Waals surface area contributed by atoms with Gasteiger partial charge in [-0.1, -0.05) is 66.2 Å². The van der Waals surface area contributed by atoms with Gasteiger partial charge in [0.05, 0.1) is 13.7 Å². The Balaban J connectivity index is 1.66. The maximum Gasteiger partial charge on any atom is 0.322 e. The van der Waals surface area contributed by atoms with E-state index in [4.69, 9.17) is 14.2 Å². The van der Waals surface area contributed by atoms with Gasteiger partial charge in [0.25, 0.3) is 0 Å². The van der Waals surface area contributed by atoms with Crippen LogP contribution in [0.5, 0.6) is 0 Å². The summed E-state index contributed by atoms with van der Waals surface area (Å²) < 4.78 is 17.1. The summed E-state index contributed by atoms with van der Waals surface area (Å²) >= 11 is 0. The molecule has 0 unspecified atom stereocenters. The molecule has 2 aromatic carbocycles. The Hall–Kier alpha value is -3.45. The van der Waals surface area contributed by atoms with Crippen LogP contribution in [0, 0.1) is 17.3 Å². The molecule has 4 rings (SSSR count). The Labute approximate surface area is 224 Å². The second kappa shape index (κ2) is 11.9. The molecule has 7 nitrogen and oxygen atoms in total. The highest BCUT2D eigenvalue weighted by atomic mass is 16.5. The van der Waals surface area contributed by atoms with Gasteiger partial charge in [0.15, 0.2) is 5.41 Å². The number of methoxy groups -OCH3 is 1. The third kappa shape index (κ3) is 5.25. The summed E-state index contributed by atoms with van der Waals surface area (Å²) in [7, 11) is 1.31. The minimum absolute atomic E-state index is 0.307. The molecule has 202 valence electrons. The fourth-order valence-corrected chi connectivity index (χ4v) is 6.33. The predicted octanol–water partition coefficient (Wildman–Crippen LogP) is 4.05. The summed E-state index contributed by atoms with van der Waals surface area (Å²) in [5, 5.41) is 3.12. The summed E-state index contributed by atoms with van der Waals surface area (Å²) in [5.41, 5.74) is 2.45. The molecule has 0 bridgehead atoms. The molecule has 1 heterocycles. The van der Waals surface area contributed by atoms with E-state index in [0.29, 0.717) is 26.1 Å². The monoisotopic (exact) mass is 519 g/mol. The Morgan fingerprint density at radius 1 is 0.921 bits per heavy atom. The molecule has 0 spiro atoms. The largest absolute Gasteiger partial charge is 0.468 e. The highest BCUT2D eigenvalue weighted by Crippen LogP contribution is 2.56. The average molecular weight is 520 g/mol. The van der Waals surface area contributed by atoms with Crippen LogP contribution in [0.1, 0.15) is 38.3 Å². The third-order valence-corrected chi connectivity index (χ3v) is 8.12. The summed E-state index contributed by atoms with van der Waals surface area (Å²) in [6, 6.07) is 19.6. The summed E-state index contributed by atoms with van der Waals surface area (Å²) in [6.45, 7) is 6.01. The van der Waals surface area contributed by atoms with Gasteiger partial charge in [-0.05, 0) is 49.8 Å². The lowest BCUT2D eigenvalue weighted by Crippen LogP contribution is -2.57. The number of hydrogen-bond donors (Lipinski definition) is 1. The van der Waals surface area contributed by atoms with E-state index >= 15 is 0 Å². The van der Waals surface area contributed by atoms with E-state index in [1.54, 1.807) is 0 Å². The number of carbonyl (C=O) groups excluding carboxylic acids is 3. The number of ether oxygens (including phenoxy) is 3. The van der Waals surface area contributed by atoms with Crippen LogP contribution in [-0.4, -0.2) is 50.3 Å². The minimum atomic E-state index is -1.53. The average Bonchev–Trinajstić information content (AvgIpc) is 3.21. The number of fused-ring (bicyclic) bond motifs is 1. The topological polar surface area (TPSA) is 90.9 Å². The van der Waals surface area contributed by atoms with Crippen molar-refractivity contribution in [1.82, 2.24) is 5.32 Å². The van der Waals surface area contributed by atoms with Crippen molar-refractivity contribution in [3.05, 3.63) is 82.9 Å². The first-order chi connectivity index (χ1) is 18.3. The van der Waals surface area contributed by atoms with Crippen LogP contribution in [0.2, 0.25) is 0 Å². The first kappa shape index (κ1) is 27.6. The normalized spacial score (nSPS) is 26.5. The molecule has 1 N–H and O–H groups in total. The molecular formula is C31H37NO6. The number of amides is 1. The third-order valence-electron chi connectivity index (χ3n) is 8.12. The zero-order chi connectivity index (χ0) is 27.3. The molecule has 38 heavy (non-hydrogen) atoms. The predicted molar refractivity (Wildman–Crippen MR) is 143 cm³/mol. The molecular weight excluding hydrogens is 482 g/mol. The molecule has 5 atom stereocenters. The van der Waals surface area contributed by atoms with Crippen LogP contribution in [0.25, 0.3) is 0 Å². The Bertz CT molecular complexity index is 1180. The van der Waals surface area contributed by atoms with Crippen LogP contribution in [0.3, 0.4) is 0 Å². The number of benzene rings is 2. The van der Waals surface area contributed by atoms with Crippen molar-refractivity contribution >= 4 is 17.8 Å². The van der Waals surface area contributed by atoms with Crippen molar-refractivity contribution in [2.45, 2.75) is 52.2 Å². The van der Waals surface area contributed by atoms with Gasteiger partial charge < -0.3 is 19.5 Å². The molecule has 2 aromatic rings. The zero-order valence-electron chi connectivity index (χ0n) is 22.6. The number of rotatable bonds is 10. The lowest BCUT2D eigenvalue weighted by molar-refractivity contribution is -0.174. The Kier molecular flexibility index (Phi) is 8.67. The van der Waals surface area contributed by atoms with Crippen molar-refractivity contribution in [2.24, 2.45) is 17.3 Å². The Morgan fingerprint density at radius 2 is 1.55 bits per heavy atom. The van der Waals surface area contributed by atoms with Crippen molar-refractivity contribution in [1.29, 1.82) is 0 Å². The molecule has 1 amide bonds. The molecule has 1 aliphatic heterocycles. The highest BCUT2D eigenvalue weighted by molar-refractivity contribution is 6.06. The van der Waals surface area contributed by atoms with Gasteiger partial charge in [-0.3, -0.25) is 14.4 Å². The fraction of sp³-hybridized carbons (Fsp3) is 0.452. The number of esters is 2. The van der Waals surface area contributed by atoms with Crippen LogP contribution >= 0.6 is 0 Å². The molecule has 0 saturated carbocycles. The molecule has 1 saturated heterocycles. The second-order valence-corrected chi connectivity index (χ2v) is 10.2. The smallest absolute Gasteiger partial charge is 0.322 e. The Morgan fingerprint density at radius 3 is 2.16 bits per heavy atom. The van der Waals surface area contributed by atoms with Gasteiger partial charge in [-0.25, -0.2) is 0 Å². The lowest BCUT2D eigenvalue weighted by Gasteiger charge is -2.47. The van der Waals surface area contributed by atoms with Crippen LogP contribution in [0.4, 0.5) is 0 Å². The highest BCUT2D eigenvalue weighted by Gasteiger charge is 2.69. The van der Waals surface area contributed by atoms with Crippen molar-refractivity contribution in [2.75, 3.05) is 20.3 Å². The number of carbonyl (C=O) groups is 3. The first-order valence-electron chi connectivity index (χ1n) is 13.2. The van der Waals surface area contributed by atoms with E-state index in [-0.39, 0.29) is 11.9 Å². The van der Waals surface area contributed by atoms with Crippen molar-refractivity contribution in [3.63, 3.8) is 0 Å². The van der Waals surface area contributed by atoms with Gasteiger partial charge in [-0.2, -0.15) is 0 Å². The standard InChI is InChI=1S/C31H37NO6/c1-20-21(2)28(38-22(3)33)25(16-18-37-17-15-23-11-7-5-8-12-23)31(30(35)36-4)27(20)26(32-29(31)34)19-24-13-9-6-10-14-24/h5-14,25-28H,15-19H2,1-4H3,(H,32,34)/t25-,26-,27-,28+,31+/m0/s1. The van der Waals surface area contributed by atoms with Gasteiger partial charge in [0.1, 0.15) is 6.10 Å². The molecule has 7 heteroatoms. The maximum absolute atomic E-state index is 13.9. The molecule has 1 fully saturated rings. The van der Waals surface area contributed by atoms with Crippen LogP contribution in [0.15, 0.2) is 71.8 Å². The molecule has 0 radical (unpaired) electrons. The van der Waals surface area contributed by atoms with Crippen molar-refractivity contribution < 1.29 is 28.6 Å².